The number of hydrogen-bond donors (Lipinski definition) is 1. The molecule has 3 aromatic rings. The van der Waals surface area contributed by atoms with Crippen molar-refractivity contribution in [3.63, 3.8) is 0 Å². The Bertz CT molecular complexity index is 1000. The Balaban J connectivity index is 1.36. The quantitative estimate of drug-likeness (QED) is 0.556. The van der Waals surface area contributed by atoms with E-state index in [1.54, 1.807) is 11.8 Å². The van der Waals surface area contributed by atoms with Gasteiger partial charge in [0.15, 0.2) is 5.16 Å². The molecule has 1 aliphatic heterocycles. The van der Waals surface area contributed by atoms with Crippen LogP contribution in [0.15, 0.2) is 59.8 Å². The molecule has 1 fully saturated rings. The molecule has 0 bridgehead atoms. The van der Waals surface area contributed by atoms with E-state index in [1.807, 2.05) is 18.2 Å². The molecule has 1 N–H and O–H groups in total. The number of aromatic nitrogens is 3. The van der Waals surface area contributed by atoms with E-state index in [0.29, 0.717) is 5.92 Å². The summed E-state index contributed by atoms with van der Waals surface area (Å²) in [6.45, 7) is 4.52. The number of hydrogen-bond acceptors (Lipinski definition) is 5. The predicted molar refractivity (Wildman–Crippen MR) is 125 cm³/mol. The molecule has 1 saturated heterocycles. The fourth-order valence-electron chi connectivity index (χ4n) is 4.09. The Morgan fingerprint density at radius 1 is 1.10 bits per heavy atom. The van der Waals surface area contributed by atoms with Gasteiger partial charge in [-0.1, -0.05) is 54.2 Å². The van der Waals surface area contributed by atoms with Gasteiger partial charge >= 0.3 is 0 Å². The average molecular weight is 436 g/mol. The van der Waals surface area contributed by atoms with Gasteiger partial charge < -0.3 is 9.88 Å². The van der Waals surface area contributed by atoms with Gasteiger partial charge in [-0.2, -0.15) is 0 Å². The summed E-state index contributed by atoms with van der Waals surface area (Å²) in [4.78, 5) is 13.7. The van der Waals surface area contributed by atoms with E-state index in [9.17, 15) is 4.79 Å². The van der Waals surface area contributed by atoms with E-state index in [1.165, 1.54) is 18.1 Å². The molecule has 0 radical (unpaired) electrons. The summed E-state index contributed by atoms with van der Waals surface area (Å²) in [7, 11) is 2.09. The second-order valence-electron chi connectivity index (χ2n) is 8.13. The van der Waals surface area contributed by atoms with Gasteiger partial charge in [0, 0.05) is 44.4 Å². The summed E-state index contributed by atoms with van der Waals surface area (Å²) < 4.78 is 2.17. The minimum Gasteiger partial charge on any atom is -0.326 e. The number of likely N-dealkylation sites (tertiary alicyclic amines) is 1. The van der Waals surface area contributed by atoms with E-state index in [0.717, 1.165) is 54.9 Å². The van der Waals surface area contributed by atoms with Crippen molar-refractivity contribution in [2.24, 2.45) is 7.05 Å². The summed E-state index contributed by atoms with van der Waals surface area (Å²) in [5.41, 5.74) is 3.39. The number of carbonyl (C=O) groups excluding carboxylic acids is 1. The van der Waals surface area contributed by atoms with Crippen molar-refractivity contribution in [1.29, 1.82) is 0 Å². The summed E-state index contributed by atoms with van der Waals surface area (Å²) in [5, 5.41) is 12.8. The third-order valence-corrected chi connectivity index (χ3v) is 6.72. The van der Waals surface area contributed by atoms with Crippen molar-refractivity contribution in [2.45, 2.75) is 43.1 Å². The lowest BCUT2D eigenvalue weighted by molar-refractivity contribution is -0.114. The van der Waals surface area contributed by atoms with Crippen LogP contribution in [-0.2, 0) is 24.1 Å². The third-order valence-electron chi connectivity index (χ3n) is 5.63. The van der Waals surface area contributed by atoms with E-state index in [-0.39, 0.29) is 5.91 Å². The van der Waals surface area contributed by atoms with Crippen LogP contribution in [0.3, 0.4) is 0 Å². The van der Waals surface area contributed by atoms with Crippen molar-refractivity contribution in [3.8, 4) is 0 Å². The molecule has 6 nitrogen and oxygen atoms in total. The topological polar surface area (TPSA) is 63.1 Å². The van der Waals surface area contributed by atoms with Crippen LogP contribution in [0.25, 0.3) is 0 Å². The molecule has 4 rings (SSSR count). The highest BCUT2D eigenvalue weighted by Crippen LogP contribution is 2.29. The lowest BCUT2D eigenvalue weighted by Crippen LogP contribution is -2.34. The minimum absolute atomic E-state index is 0.0448. The smallest absolute Gasteiger partial charge is 0.221 e. The zero-order valence-electron chi connectivity index (χ0n) is 18.1. The van der Waals surface area contributed by atoms with E-state index in [4.69, 9.17) is 0 Å². The summed E-state index contributed by atoms with van der Waals surface area (Å²) >= 11 is 1.74. The van der Waals surface area contributed by atoms with Gasteiger partial charge in [-0.3, -0.25) is 9.69 Å². The predicted octanol–water partition coefficient (Wildman–Crippen LogP) is 4.45. The van der Waals surface area contributed by atoms with Gasteiger partial charge in [0.25, 0.3) is 0 Å². The molecule has 1 atom stereocenters. The Kier molecular flexibility index (Phi) is 7.04. The van der Waals surface area contributed by atoms with Crippen molar-refractivity contribution >= 4 is 23.4 Å². The van der Waals surface area contributed by atoms with Crippen LogP contribution in [0.1, 0.15) is 42.6 Å². The Labute approximate surface area is 188 Å². The van der Waals surface area contributed by atoms with E-state index in [2.05, 4.69) is 68.4 Å². The molecule has 2 aromatic carbocycles. The van der Waals surface area contributed by atoms with Crippen LogP contribution in [0.2, 0.25) is 0 Å². The zero-order valence-corrected chi connectivity index (χ0v) is 18.9. The van der Waals surface area contributed by atoms with Crippen LogP contribution >= 0.6 is 11.8 Å². The first-order valence-electron chi connectivity index (χ1n) is 10.7. The number of nitrogens with zero attached hydrogens (tertiary/aromatic N) is 4. The minimum atomic E-state index is -0.0448. The average Bonchev–Trinajstić information content (AvgIpc) is 3.14. The maximum Gasteiger partial charge on any atom is 0.221 e. The van der Waals surface area contributed by atoms with Crippen molar-refractivity contribution in [1.82, 2.24) is 19.7 Å². The monoisotopic (exact) mass is 435 g/mol. The van der Waals surface area contributed by atoms with Crippen molar-refractivity contribution in [3.05, 3.63) is 71.5 Å². The SMILES string of the molecule is CC(=O)Nc1ccc(CN2CCCC(c3nnc(SCc4ccccc4)n3C)C2)cc1. The molecule has 7 heteroatoms. The van der Waals surface area contributed by atoms with Crippen LogP contribution < -0.4 is 5.32 Å². The highest BCUT2D eigenvalue weighted by Gasteiger charge is 2.26. The van der Waals surface area contributed by atoms with Gasteiger partial charge in [-0.05, 0) is 42.6 Å². The van der Waals surface area contributed by atoms with E-state index >= 15 is 0 Å². The van der Waals surface area contributed by atoms with E-state index < -0.39 is 0 Å². The first kappa shape index (κ1) is 21.6. The van der Waals surface area contributed by atoms with Gasteiger partial charge in [0.05, 0.1) is 0 Å². The number of anilines is 1. The third kappa shape index (κ3) is 5.74. The van der Waals surface area contributed by atoms with Crippen molar-refractivity contribution in [2.75, 3.05) is 18.4 Å². The Morgan fingerprint density at radius 3 is 2.61 bits per heavy atom. The van der Waals surface area contributed by atoms with Crippen LogP contribution in [0, 0.1) is 0 Å². The summed E-state index contributed by atoms with van der Waals surface area (Å²) in [6, 6.07) is 18.6. The highest BCUT2D eigenvalue weighted by atomic mass is 32.2. The second-order valence-corrected chi connectivity index (χ2v) is 9.07. The molecule has 162 valence electrons. The number of thioether (sulfide) groups is 1. The maximum atomic E-state index is 11.2. The fraction of sp³-hybridized carbons (Fsp3) is 0.375. The van der Waals surface area contributed by atoms with Gasteiger partial charge in [-0.25, -0.2) is 0 Å². The first-order valence-corrected chi connectivity index (χ1v) is 11.7. The number of amides is 1. The summed E-state index contributed by atoms with van der Waals surface area (Å²) in [6.07, 6.45) is 2.31. The van der Waals surface area contributed by atoms with Gasteiger partial charge in [0.1, 0.15) is 5.82 Å². The molecule has 1 aromatic heterocycles. The fourth-order valence-corrected chi connectivity index (χ4v) is 4.97. The number of nitrogens with one attached hydrogen (secondary N) is 1. The lowest BCUT2D eigenvalue weighted by atomic mass is 9.96. The standard InChI is InChI=1S/C24H29N5OS/c1-18(30)25-22-12-10-19(11-13-22)15-29-14-6-9-21(16-29)23-26-27-24(28(23)2)31-17-20-7-4-3-5-8-20/h3-5,7-8,10-13,21H,6,9,14-17H2,1-2H3,(H,25,30). The molecule has 31 heavy (non-hydrogen) atoms. The second kappa shape index (κ2) is 10.1. The van der Waals surface area contributed by atoms with Crippen LogP contribution in [0.4, 0.5) is 5.69 Å². The number of piperidine rings is 1. The zero-order chi connectivity index (χ0) is 21.6. The highest BCUT2D eigenvalue weighted by molar-refractivity contribution is 7.98. The normalized spacial score (nSPS) is 16.9. The van der Waals surface area contributed by atoms with Crippen LogP contribution in [0.5, 0.6) is 0 Å². The largest absolute Gasteiger partial charge is 0.326 e. The molecular formula is C24H29N5OS. The van der Waals surface area contributed by atoms with Gasteiger partial charge in [0.2, 0.25) is 5.91 Å². The number of rotatable bonds is 7. The number of benzene rings is 2. The molecule has 1 aliphatic rings. The molecule has 1 amide bonds. The molecule has 0 aliphatic carbocycles. The maximum absolute atomic E-state index is 11.2. The lowest BCUT2D eigenvalue weighted by Gasteiger charge is -2.32. The molecule has 1 unspecified atom stereocenters. The van der Waals surface area contributed by atoms with Crippen molar-refractivity contribution < 1.29 is 4.79 Å². The van der Waals surface area contributed by atoms with Gasteiger partial charge in [-0.15, -0.1) is 10.2 Å². The molecular weight excluding hydrogens is 406 g/mol. The molecule has 0 saturated carbocycles. The molecule has 0 spiro atoms. The number of carbonyl (C=O) groups is 1. The first-order chi connectivity index (χ1) is 15.1. The summed E-state index contributed by atoms with van der Waals surface area (Å²) in [5.74, 6) is 2.34. The van der Waals surface area contributed by atoms with Crippen LogP contribution in [-0.4, -0.2) is 38.7 Å². The Hall–Kier alpha value is -2.64. The molecule has 2 heterocycles. The Morgan fingerprint density at radius 2 is 1.87 bits per heavy atom.